The highest BCUT2D eigenvalue weighted by Crippen LogP contribution is 2.25. The summed E-state index contributed by atoms with van der Waals surface area (Å²) in [6.45, 7) is 0.170. The second-order valence-electron chi connectivity index (χ2n) is 6.66. The van der Waals surface area contributed by atoms with Crippen molar-refractivity contribution in [2.45, 2.75) is 6.61 Å². The fourth-order valence-electron chi connectivity index (χ4n) is 3.23. The number of hydrogen-bond donors (Lipinski definition) is 1. The summed E-state index contributed by atoms with van der Waals surface area (Å²) in [6, 6.07) is 20.5. The number of amides is 1. The summed E-state index contributed by atoms with van der Waals surface area (Å²) in [4.78, 5) is 15.7. The maximum atomic E-state index is 11.4. The Morgan fingerprint density at radius 1 is 1.00 bits per heavy atom. The van der Waals surface area contributed by atoms with E-state index in [2.05, 4.69) is 20.3 Å². The van der Waals surface area contributed by atoms with E-state index < -0.39 is 5.91 Å². The lowest BCUT2D eigenvalue weighted by molar-refractivity contribution is 0.100. The van der Waals surface area contributed by atoms with Gasteiger partial charge < -0.3 is 10.5 Å². The Bertz CT molecular complexity index is 1380. The van der Waals surface area contributed by atoms with Crippen LogP contribution in [0.1, 0.15) is 16.2 Å². The first-order valence-electron chi connectivity index (χ1n) is 9.27. The molecule has 5 rings (SSSR count). The molecule has 8 nitrogen and oxygen atoms in total. The molecule has 30 heavy (non-hydrogen) atoms. The summed E-state index contributed by atoms with van der Waals surface area (Å²) in [5.41, 5.74) is 8.83. The van der Waals surface area contributed by atoms with Crippen LogP contribution in [0.25, 0.3) is 27.8 Å². The zero-order valence-electron chi connectivity index (χ0n) is 15.8. The van der Waals surface area contributed by atoms with Crippen LogP contribution in [0.2, 0.25) is 0 Å². The van der Waals surface area contributed by atoms with Crippen molar-refractivity contribution in [2.75, 3.05) is 0 Å². The maximum absolute atomic E-state index is 11.4. The van der Waals surface area contributed by atoms with E-state index in [-0.39, 0.29) is 6.61 Å². The van der Waals surface area contributed by atoms with Gasteiger partial charge in [-0.15, -0.1) is 10.2 Å². The van der Waals surface area contributed by atoms with Crippen molar-refractivity contribution >= 4 is 22.5 Å². The third-order valence-electron chi connectivity index (χ3n) is 4.74. The number of nitrogens with zero attached hydrogens (tertiary/aromatic N) is 5. The summed E-state index contributed by atoms with van der Waals surface area (Å²) in [7, 11) is 0. The van der Waals surface area contributed by atoms with Crippen molar-refractivity contribution in [3.05, 3.63) is 84.3 Å². The van der Waals surface area contributed by atoms with E-state index in [9.17, 15) is 4.79 Å². The smallest absolute Gasteiger partial charge is 0.248 e. The van der Waals surface area contributed by atoms with Gasteiger partial charge in [0.25, 0.3) is 0 Å². The number of aromatic nitrogens is 5. The number of primary amides is 1. The second-order valence-corrected chi connectivity index (χ2v) is 6.66. The third kappa shape index (κ3) is 3.20. The van der Waals surface area contributed by atoms with E-state index in [0.29, 0.717) is 28.3 Å². The van der Waals surface area contributed by atoms with Crippen LogP contribution in [0.4, 0.5) is 0 Å². The van der Waals surface area contributed by atoms with Crippen LogP contribution < -0.4 is 10.5 Å². The second kappa shape index (κ2) is 7.25. The number of fused-ring (bicyclic) bond motifs is 2. The van der Waals surface area contributed by atoms with Gasteiger partial charge in [0.15, 0.2) is 11.5 Å². The molecule has 3 heterocycles. The minimum Gasteiger partial charge on any atom is -0.485 e. The van der Waals surface area contributed by atoms with E-state index in [1.165, 1.54) is 0 Å². The van der Waals surface area contributed by atoms with Gasteiger partial charge in [0.1, 0.15) is 12.4 Å². The minimum atomic E-state index is -0.500. The Labute approximate surface area is 171 Å². The van der Waals surface area contributed by atoms with Crippen molar-refractivity contribution in [2.24, 2.45) is 5.73 Å². The average Bonchev–Trinajstić information content (AvgIpc) is 3.20. The molecule has 0 spiro atoms. The Hall–Kier alpha value is -4.33. The van der Waals surface area contributed by atoms with Gasteiger partial charge in [0.05, 0.1) is 11.2 Å². The molecular weight excluding hydrogens is 380 g/mol. The van der Waals surface area contributed by atoms with Gasteiger partial charge in [-0.3, -0.25) is 9.78 Å². The fourth-order valence-corrected chi connectivity index (χ4v) is 3.23. The SMILES string of the molecule is NC(=O)c1ccc2c(OCc3nnc4ccc(-c5ccccc5)nn34)ccnc2c1. The maximum Gasteiger partial charge on any atom is 0.248 e. The summed E-state index contributed by atoms with van der Waals surface area (Å²) >= 11 is 0. The number of ether oxygens (including phenoxy) is 1. The number of pyridine rings is 1. The van der Waals surface area contributed by atoms with E-state index in [0.717, 1.165) is 16.6 Å². The highest BCUT2D eigenvalue weighted by Gasteiger charge is 2.12. The molecule has 0 aliphatic carbocycles. The lowest BCUT2D eigenvalue weighted by atomic mass is 10.1. The summed E-state index contributed by atoms with van der Waals surface area (Å²) < 4.78 is 7.68. The molecule has 0 saturated heterocycles. The molecule has 0 unspecified atom stereocenters. The zero-order valence-corrected chi connectivity index (χ0v) is 15.8. The molecule has 1 amide bonds. The van der Waals surface area contributed by atoms with Crippen molar-refractivity contribution in [1.29, 1.82) is 0 Å². The zero-order chi connectivity index (χ0) is 20.5. The van der Waals surface area contributed by atoms with Crippen LogP contribution >= 0.6 is 0 Å². The molecule has 0 saturated carbocycles. The van der Waals surface area contributed by atoms with Crippen LogP contribution in [0.3, 0.4) is 0 Å². The number of nitrogens with two attached hydrogens (primary N) is 1. The third-order valence-corrected chi connectivity index (χ3v) is 4.74. The van der Waals surface area contributed by atoms with E-state index >= 15 is 0 Å². The van der Waals surface area contributed by atoms with Gasteiger partial charge in [-0.05, 0) is 36.4 Å². The molecule has 146 valence electrons. The van der Waals surface area contributed by atoms with Crippen LogP contribution in [-0.2, 0) is 6.61 Å². The minimum absolute atomic E-state index is 0.170. The Morgan fingerprint density at radius 3 is 2.70 bits per heavy atom. The fraction of sp³-hybridized carbons (Fsp3) is 0.0455. The average molecular weight is 396 g/mol. The molecule has 0 aliphatic heterocycles. The molecule has 0 radical (unpaired) electrons. The van der Waals surface area contributed by atoms with Crippen molar-refractivity contribution in [1.82, 2.24) is 24.8 Å². The molecule has 2 aromatic carbocycles. The molecule has 0 bridgehead atoms. The van der Waals surface area contributed by atoms with E-state index in [1.807, 2.05) is 42.5 Å². The molecule has 5 aromatic rings. The topological polar surface area (TPSA) is 108 Å². The Morgan fingerprint density at radius 2 is 1.87 bits per heavy atom. The van der Waals surface area contributed by atoms with Crippen molar-refractivity contribution in [3.63, 3.8) is 0 Å². The number of rotatable bonds is 5. The molecular formula is C22H16N6O2. The van der Waals surface area contributed by atoms with Gasteiger partial charge in [-0.2, -0.15) is 9.61 Å². The summed E-state index contributed by atoms with van der Waals surface area (Å²) in [6.07, 6.45) is 1.62. The Balaban J connectivity index is 1.46. The highest BCUT2D eigenvalue weighted by molar-refractivity contribution is 5.97. The van der Waals surface area contributed by atoms with Crippen LogP contribution in [0.5, 0.6) is 5.75 Å². The number of carbonyl (C=O) groups excluding carboxylic acids is 1. The summed E-state index contributed by atoms with van der Waals surface area (Å²) in [5, 5.41) is 13.8. The lowest BCUT2D eigenvalue weighted by Crippen LogP contribution is -2.10. The van der Waals surface area contributed by atoms with Gasteiger partial charge >= 0.3 is 0 Å². The summed E-state index contributed by atoms with van der Waals surface area (Å²) in [5.74, 6) is 0.689. The van der Waals surface area contributed by atoms with E-state index in [4.69, 9.17) is 10.5 Å². The standard InChI is InChI=1S/C22H16N6O2/c23-22(29)15-6-7-16-18(12-15)24-11-10-19(16)30-13-21-26-25-20-9-8-17(27-28(20)21)14-4-2-1-3-5-14/h1-12H,13H2,(H2,23,29). The van der Waals surface area contributed by atoms with Crippen LogP contribution in [-0.4, -0.2) is 30.7 Å². The predicted octanol–water partition coefficient (Wildman–Crippen LogP) is 3.02. The molecule has 0 aliphatic rings. The lowest BCUT2D eigenvalue weighted by Gasteiger charge is -2.09. The number of hydrogen-bond acceptors (Lipinski definition) is 6. The van der Waals surface area contributed by atoms with Gasteiger partial charge in [-0.1, -0.05) is 30.3 Å². The highest BCUT2D eigenvalue weighted by atomic mass is 16.5. The molecule has 2 N–H and O–H groups in total. The largest absolute Gasteiger partial charge is 0.485 e. The Kier molecular flexibility index (Phi) is 4.29. The first kappa shape index (κ1) is 17.7. The van der Waals surface area contributed by atoms with Crippen LogP contribution in [0.15, 0.2) is 72.9 Å². The molecule has 0 fully saturated rings. The quantitative estimate of drug-likeness (QED) is 0.489. The van der Waals surface area contributed by atoms with Gasteiger partial charge in [-0.25, -0.2) is 0 Å². The number of carbonyl (C=O) groups is 1. The van der Waals surface area contributed by atoms with Crippen molar-refractivity contribution < 1.29 is 9.53 Å². The van der Waals surface area contributed by atoms with E-state index in [1.54, 1.807) is 35.0 Å². The monoisotopic (exact) mass is 396 g/mol. The predicted molar refractivity (Wildman–Crippen MR) is 111 cm³/mol. The first-order chi connectivity index (χ1) is 14.7. The van der Waals surface area contributed by atoms with Crippen molar-refractivity contribution in [3.8, 4) is 17.0 Å². The number of benzene rings is 2. The first-order valence-corrected chi connectivity index (χ1v) is 9.27. The molecule has 0 atom stereocenters. The molecule has 3 aromatic heterocycles. The van der Waals surface area contributed by atoms with Gasteiger partial charge in [0.2, 0.25) is 5.91 Å². The van der Waals surface area contributed by atoms with Gasteiger partial charge in [0, 0.05) is 22.7 Å². The van der Waals surface area contributed by atoms with Crippen LogP contribution in [0, 0.1) is 0 Å². The normalized spacial score (nSPS) is 11.1. The molecule has 8 heteroatoms.